The monoisotopic (exact) mass is 408 g/mol. The molecule has 2 aromatic heterocycles. The summed E-state index contributed by atoms with van der Waals surface area (Å²) in [4.78, 5) is 9.01. The first-order valence-electron chi connectivity index (χ1n) is 9.58. The minimum atomic E-state index is -3.11. The summed E-state index contributed by atoms with van der Waals surface area (Å²) in [6.45, 7) is 4.77. The first-order chi connectivity index (χ1) is 13.0. The van der Waals surface area contributed by atoms with E-state index in [1.807, 2.05) is 26.0 Å². The van der Waals surface area contributed by atoms with Crippen LogP contribution in [-0.2, 0) is 10.0 Å². The molecule has 1 saturated carbocycles. The Hall–Kier alpha value is -1.51. The molecule has 0 bridgehead atoms. The van der Waals surface area contributed by atoms with Crippen LogP contribution in [0.3, 0.4) is 0 Å². The number of sulfonamides is 1. The number of nitrogens with zero attached hydrogens (tertiary/aromatic N) is 2. The highest BCUT2D eigenvalue weighted by atomic mass is 32.2. The van der Waals surface area contributed by atoms with Gasteiger partial charge in [-0.1, -0.05) is 6.92 Å². The number of hydrogen-bond donors (Lipinski definition) is 2. The van der Waals surface area contributed by atoms with Gasteiger partial charge in [-0.3, -0.25) is 4.98 Å². The van der Waals surface area contributed by atoms with E-state index in [1.54, 1.807) is 17.5 Å². The topological polar surface area (TPSA) is 84.0 Å². The van der Waals surface area contributed by atoms with Crippen LogP contribution < -0.4 is 10.0 Å². The lowest BCUT2D eigenvalue weighted by atomic mass is 9.86. The zero-order chi connectivity index (χ0) is 19.3. The van der Waals surface area contributed by atoms with Crippen molar-refractivity contribution in [3.63, 3.8) is 0 Å². The van der Waals surface area contributed by atoms with Crippen LogP contribution in [0.15, 0.2) is 23.7 Å². The average Bonchev–Trinajstić information content (AvgIpc) is 3.10. The Morgan fingerprint density at radius 3 is 2.74 bits per heavy atom. The third kappa shape index (κ3) is 5.73. The van der Waals surface area contributed by atoms with E-state index in [4.69, 9.17) is 0 Å². The normalized spacial score (nSPS) is 20.5. The van der Waals surface area contributed by atoms with Crippen LogP contribution in [-0.4, -0.2) is 36.7 Å². The Kier molecular flexibility index (Phi) is 6.83. The van der Waals surface area contributed by atoms with Crippen molar-refractivity contribution in [2.24, 2.45) is 5.92 Å². The number of pyridine rings is 1. The van der Waals surface area contributed by atoms with Crippen molar-refractivity contribution in [1.82, 2.24) is 14.7 Å². The second kappa shape index (κ2) is 9.12. The van der Waals surface area contributed by atoms with E-state index < -0.39 is 10.0 Å². The predicted molar refractivity (Wildman–Crippen MR) is 112 cm³/mol. The molecule has 0 saturated heterocycles. The maximum atomic E-state index is 11.9. The first kappa shape index (κ1) is 20.2. The second-order valence-corrected chi connectivity index (χ2v) is 9.94. The molecule has 1 fully saturated rings. The smallest absolute Gasteiger partial charge is 0.211 e. The van der Waals surface area contributed by atoms with Crippen molar-refractivity contribution in [3.05, 3.63) is 29.4 Å². The SMILES string of the molecule is CCCS(=O)(=O)NC1CCC(CNc2nc(-c3cccnc3C)cs2)CC1. The molecule has 0 aromatic carbocycles. The van der Waals surface area contributed by atoms with Crippen LogP contribution in [0, 0.1) is 12.8 Å². The molecule has 8 heteroatoms. The molecule has 1 aliphatic carbocycles. The van der Waals surface area contributed by atoms with Crippen molar-refractivity contribution >= 4 is 26.5 Å². The molecule has 2 aromatic rings. The molecule has 0 amide bonds. The summed E-state index contributed by atoms with van der Waals surface area (Å²) in [5.41, 5.74) is 3.02. The Morgan fingerprint density at radius 2 is 2.04 bits per heavy atom. The Labute approximate surface area is 165 Å². The average molecular weight is 409 g/mol. The summed E-state index contributed by atoms with van der Waals surface area (Å²) >= 11 is 1.61. The molecule has 2 heterocycles. The molecule has 0 unspecified atom stereocenters. The largest absolute Gasteiger partial charge is 0.361 e. The van der Waals surface area contributed by atoms with Gasteiger partial charge in [0.25, 0.3) is 0 Å². The molecule has 0 aliphatic heterocycles. The number of hydrogen-bond acceptors (Lipinski definition) is 6. The summed E-state index contributed by atoms with van der Waals surface area (Å²) in [6, 6.07) is 4.07. The third-order valence-electron chi connectivity index (χ3n) is 4.99. The highest BCUT2D eigenvalue weighted by Crippen LogP contribution is 2.28. The molecule has 27 heavy (non-hydrogen) atoms. The maximum Gasteiger partial charge on any atom is 0.211 e. The second-order valence-electron chi connectivity index (χ2n) is 7.21. The van der Waals surface area contributed by atoms with Gasteiger partial charge in [0.1, 0.15) is 0 Å². The van der Waals surface area contributed by atoms with E-state index in [0.717, 1.165) is 54.3 Å². The van der Waals surface area contributed by atoms with Crippen LogP contribution in [0.4, 0.5) is 5.13 Å². The lowest BCUT2D eigenvalue weighted by molar-refractivity contribution is 0.324. The molecule has 6 nitrogen and oxygen atoms in total. The molecule has 3 rings (SSSR count). The molecular formula is C19H28N4O2S2. The zero-order valence-corrected chi connectivity index (χ0v) is 17.6. The van der Waals surface area contributed by atoms with Crippen molar-refractivity contribution in [3.8, 4) is 11.3 Å². The van der Waals surface area contributed by atoms with E-state index in [9.17, 15) is 8.42 Å². The Balaban J connectivity index is 1.46. The van der Waals surface area contributed by atoms with E-state index in [1.165, 1.54) is 0 Å². The number of aryl methyl sites for hydroxylation is 1. The number of anilines is 1. The number of aromatic nitrogens is 2. The predicted octanol–water partition coefficient (Wildman–Crippen LogP) is 3.81. The lowest BCUT2D eigenvalue weighted by Gasteiger charge is -2.29. The van der Waals surface area contributed by atoms with Crippen LogP contribution in [0.1, 0.15) is 44.7 Å². The quantitative estimate of drug-likeness (QED) is 0.694. The Morgan fingerprint density at radius 1 is 1.26 bits per heavy atom. The van der Waals surface area contributed by atoms with Gasteiger partial charge < -0.3 is 5.32 Å². The van der Waals surface area contributed by atoms with Gasteiger partial charge in [0.2, 0.25) is 10.0 Å². The lowest BCUT2D eigenvalue weighted by Crippen LogP contribution is -2.39. The number of thiazole rings is 1. The molecule has 1 aliphatic rings. The van der Waals surface area contributed by atoms with Gasteiger partial charge in [-0.25, -0.2) is 18.1 Å². The standard InChI is InChI=1S/C19H28N4O2S2/c1-3-11-27(24,25)23-16-8-6-15(7-9-16)12-21-19-22-18(13-26-19)17-5-4-10-20-14(17)2/h4-5,10,13,15-16,23H,3,6-9,11-12H2,1-2H3,(H,21,22). The summed E-state index contributed by atoms with van der Waals surface area (Å²) in [7, 11) is -3.11. The van der Waals surface area contributed by atoms with Crippen molar-refractivity contribution < 1.29 is 8.42 Å². The molecule has 0 radical (unpaired) electrons. The molecule has 0 atom stereocenters. The third-order valence-corrected chi connectivity index (χ3v) is 7.43. The molecular weight excluding hydrogens is 380 g/mol. The molecule has 2 N–H and O–H groups in total. The Bertz CT molecular complexity index is 843. The minimum absolute atomic E-state index is 0.0952. The summed E-state index contributed by atoms with van der Waals surface area (Å²) < 4.78 is 26.7. The first-order valence-corrected chi connectivity index (χ1v) is 12.1. The fraction of sp³-hybridized carbons (Fsp3) is 0.579. The van der Waals surface area contributed by atoms with Crippen LogP contribution in [0.2, 0.25) is 0 Å². The van der Waals surface area contributed by atoms with Crippen molar-refractivity contribution in [2.75, 3.05) is 17.6 Å². The highest BCUT2D eigenvalue weighted by Gasteiger charge is 2.24. The van der Waals surface area contributed by atoms with E-state index in [-0.39, 0.29) is 11.8 Å². The van der Waals surface area contributed by atoms with Crippen LogP contribution in [0.25, 0.3) is 11.3 Å². The van der Waals surface area contributed by atoms with Gasteiger partial charge in [0, 0.05) is 35.4 Å². The van der Waals surface area contributed by atoms with Crippen molar-refractivity contribution in [1.29, 1.82) is 0 Å². The summed E-state index contributed by atoms with van der Waals surface area (Å²) in [5.74, 6) is 0.779. The minimum Gasteiger partial charge on any atom is -0.361 e. The summed E-state index contributed by atoms with van der Waals surface area (Å²) in [6.07, 6.45) is 6.34. The van der Waals surface area contributed by atoms with Gasteiger partial charge in [-0.15, -0.1) is 11.3 Å². The maximum absolute atomic E-state index is 11.9. The fourth-order valence-corrected chi connectivity index (χ4v) is 5.65. The van der Waals surface area contributed by atoms with Gasteiger partial charge >= 0.3 is 0 Å². The van der Waals surface area contributed by atoms with Gasteiger partial charge in [-0.2, -0.15) is 0 Å². The van der Waals surface area contributed by atoms with E-state index >= 15 is 0 Å². The van der Waals surface area contributed by atoms with Gasteiger partial charge in [0.05, 0.1) is 11.4 Å². The fourth-order valence-electron chi connectivity index (χ4n) is 3.53. The van der Waals surface area contributed by atoms with E-state index in [2.05, 4.69) is 25.4 Å². The van der Waals surface area contributed by atoms with Crippen LogP contribution in [0.5, 0.6) is 0 Å². The van der Waals surface area contributed by atoms with E-state index in [0.29, 0.717) is 12.3 Å². The van der Waals surface area contributed by atoms with Crippen LogP contribution >= 0.6 is 11.3 Å². The van der Waals surface area contributed by atoms with Crippen molar-refractivity contribution in [2.45, 2.75) is 52.0 Å². The zero-order valence-electron chi connectivity index (χ0n) is 15.9. The number of nitrogens with one attached hydrogen (secondary N) is 2. The number of rotatable bonds is 8. The highest BCUT2D eigenvalue weighted by molar-refractivity contribution is 7.89. The van der Waals surface area contributed by atoms with Gasteiger partial charge in [0.15, 0.2) is 5.13 Å². The van der Waals surface area contributed by atoms with Gasteiger partial charge in [-0.05, 0) is 57.1 Å². The molecule has 0 spiro atoms. The molecule has 148 valence electrons. The summed E-state index contributed by atoms with van der Waals surface area (Å²) in [5, 5.41) is 6.45.